The average molecular weight is 466 g/mol. The Morgan fingerprint density at radius 3 is 2.50 bits per heavy atom. The van der Waals surface area contributed by atoms with Crippen LogP contribution in [-0.2, 0) is 6.42 Å². The molecule has 0 aliphatic heterocycles. The van der Waals surface area contributed by atoms with Crippen molar-refractivity contribution in [3.8, 4) is 11.3 Å². The van der Waals surface area contributed by atoms with Crippen molar-refractivity contribution >= 4 is 38.6 Å². The van der Waals surface area contributed by atoms with Gasteiger partial charge in [0.05, 0.1) is 11.2 Å². The molecule has 7 rings (SSSR count). The third-order valence-corrected chi connectivity index (χ3v) is 7.84. The largest absolute Gasteiger partial charge is 0.399 e. The van der Waals surface area contributed by atoms with Crippen molar-refractivity contribution in [1.82, 2.24) is 4.98 Å². The van der Waals surface area contributed by atoms with Crippen LogP contribution in [0, 0.1) is 0 Å². The quantitative estimate of drug-likeness (QED) is 0.263. The number of aromatic nitrogens is 1. The van der Waals surface area contributed by atoms with Crippen molar-refractivity contribution in [3.05, 3.63) is 119 Å². The number of nitrogens with two attached hydrogens (primary N) is 2. The van der Waals surface area contributed by atoms with Gasteiger partial charge in [-0.2, -0.15) is 0 Å². The molecular formula is C33H27N3. The molecule has 1 aromatic heterocycles. The zero-order chi connectivity index (χ0) is 24.2. The molecule has 2 aliphatic rings. The highest BCUT2D eigenvalue weighted by molar-refractivity contribution is 5.94. The lowest BCUT2D eigenvalue weighted by Gasteiger charge is -2.30. The van der Waals surface area contributed by atoms with Gasteiger partial charge in [0.25, 0.3) is 0 Å². The number of aryl methyl sites for hydroxylation is 1. The Morgan fingerprint density at radius 1 is 0.750 bits per heavy atom. The van der Waals surface area contributed by atoms with Gasteiger partial charge in [-0.05, 0) is 82.6 Å². The molecule has 0 saturated carbocycles. The van der Waals surface area contributed by atoms with E-state index in [9.17, 15) is 0 Å². The van der Waals surface area contributed by atoms with Crippen molar-refractivity contribution in [2.24, 2.45) is 0 Å². The second-order valence-corrected chi connectivity index (χ2v) is 9.97. The third kappa shape index (κ3) is 3.31. The lowest BCUT2D eigenvalue weighted by atomic mass is 9.75. The number of hydrogen-bond donors (Lipinski definition) is 2. The van der Waals surface area contributed by atoms with Crippen LogP contribution in [0.5, 0.6) is 0 Å². The molecule has 0 fully saturated rings. The number of fused-ring (bicyclic) bond motifs is 5. The number of benzene rings is 4. The first-order valence-electron chi connectivity index (χ1n) is 12.6. The maximum absolute atomic E-state index is 6.45. The molecule has 1 heterocycles. The molecule has 3 nitrogen and oxygen atoms in total. The Hall–Kier alpha value is -4.37. The third-order valence-electron chi connectivity index (χ3n) is 7.84. The Balaban J connectivity index is 1.35. The summed E-state index contributed by atoms with van der Waals surface area (Å²) in [4.78, 5) is 5.11. The molecule has 1 unspecified atom stereocenters. The molecule has 2 aliphatic carbocycles. The topological polar surface area (TPSA) is 64.9 Å². The summed E-state index contributed by atoms with van der Waals surface area (Å²) in [5.74, 6) is 0.235. The predicted octanol–water partition coefficient (Wildman–Crippen LogP) is 7.66. The maximum Gasteiger partial charge on any atom is 0.0769 e. The molecule has 0 spiro atoms. The van der Waals surface area contributed by atoms with Gasteiger partial charge in [0.2, 0.25) is 0 Å². The zero-order valence-electron chi connectivity index (χ0n) is 20.0. The number of nitrogen functional groups attached to an aromatic ring is 2. The smallest absolute Gasteiger partial charge is 0.0769 e. The minimum Gasteiger partial charge on any atom is -0.399 e. The highest BCUT2D eigenvalue weighted by Crippen LogP contribution is 2.45. The second kappa shape index (κ2) is 8.10. The molecule has 0 saturated heterocycles. The molecule has 0 radical (unpaired) electrons. The van der Waals surface area contributed by atoms with Crippen LogP contribution in [0.15, 0.2) is 103 Å². The summed E-state index contributed by atoms with van der Waals surface area (Å²) in [6, 6.07) is 29.6. The van der Waals surface area contributed by atoms with E-state index in [1.807, 2.05) is 24.3 Å². The number of para-hydroxylation sites is 1. The van der Waals surface area contributed by atoms with E-state index in [-0.39, 0.29) is 5.92 Å². The van der Waals surface area contributed by atoms with E-state index in [0.717, 1.165) is 41.4 Å². The Kier molecular flexibility index (Phi) is 4.71. The molecule has 36 heavy (non-hydrogen) atoms. The summed E-state index contributed by atoms with van der Waals surface area (Å²) < 4.78 is 0. The van der Waals surface area contributed by atoms with Crippen molar-refractivity contribution in [2.45, 2.75) is 25.2 Å². The molecule has 0 bridgehead atoms. The first-order chi connectivity index (χ1) is 17.7. The standard InChI is InChI=1S/C33H27N3/c34-24-12-16-31(35)30(19-24)33-29(18-23-6-2-4-8-32(23)36-33)22-10-13-26-21(17-22)11-15-27-25-7-3-1-5-20(25)9-14-28(26)27/h1-10,12-14,16,18-19,22H,11,15,17,34-35H2. The number of pyridine rings is 1. The lowest BCUT2D eigenvalue weighted by Crippen LogP contribution is -2.12. The van der Waals surface area contributed by atoms with E-state index < -0.39 is 0 Å². The first-order valence-corrected chi connectivity index (χ1v) is 12.6. The van der Waals surface area contributed by atoms with Gasteiger partial charge < -0.3 is 11.5 Å². The van der Waals surface area contributed by atoms with Gasteiger partial charge in [-0.1, -0.05) is 72.3 Å². The first kappa shape index (κ1) is 21.0. The highest BCUT2D eigenvalue weighted by atomic mass is 14.7. The number of anilines is 2. The number of hydrogen-bond acceptors (Lipinski definition) is 3. The van der Waals surface area contributed by atoms with Crippen molar-refractivity contribution in [1.29, 1.82) is 0 Å². The van der Waals surface area contributed by atoms with Crippen molar-refractivity contribution in [2.75, 3.05) is 11.5 Å². The van der Waals surface area contributed by atoms with Crippen LogP contribution in [0.1, 0.15) is 35.4 Å². The van der Waals surface area contributed by atoms with Crippen LogP contribution >= 0.6 is 0 Å². The molecular weight excluding hydrogens is 438 g/mol. The van der Waals surface area contributed by atoms with Crippen molar-refractivity contribution in [3.63, 3.8) is 0 Å². The van der Waals surface area contributed by atoms with Gasteiger partial charge >= 0.3 is 0 Å². The molecule has 3 heteroatoms. The van der Waals surface area contributed by atoms with E-state index in [1.54, 1.807) is 0 Å². The van der Waals surface area contributed by atoms with Gasteiger partial charge in [-0.3, -0.25) is 0 Å². The Bertz CT molecular complexity index is 1740. The fourth-order valence-electron chi connectivity index (χ4n) is 6.05. The van der Waals surface area contributed by atoms with Crippen LogP contribution in [0.3, 0.4) is 0 Å². The van der Waals surface area contributed by atoms with Crippen LogP contribution in [-0.4, -0.2) is 4.98 Å². The van der Waals surface area contributed by atoms with Gasteiger partial charge in [-0.25, -0.2) is 4.98 Å². The number of rotatable bonds is 2. The lowest BCUT2D eigenvalue weighted by molar-refractivity contribution is 0.756. The SMILES string of the molecule is Nc1ccc(N)c(-c2nc3ccccc3cc2C2C=CC3=C(CCc4c3ccc3ccccc43)C2)c1. The normalized spacial score (nSPS) is 16.8. The molecule has 4 N–H and O–H groups in total. The minimum absolute atomic E-state index is 0.235. The maximum atomic E-state index is 6.45. The van der Waals surface area contributed by atoms with E-state index in [0.29, 0.717) is 11.4 Å². The van der Waals surface area contributed by atoms with Crippen LogP contribution < -0.4 is 11.5 Å². The minimum atomic E-state index is 0.235. The van der Waals surface area contributed by atoms with Gasteiger partial charge in [0, 0.05) is 28.2 Å². The van der Waals surface area contributed by atoms with E-state index in [4.69, 9.17) is 16.5 Å². The highest BCUT2D eigenvalue weighted by Gasteiger charge is 2.27. The fourth-order valence-corrected chi connectivity index (χ4v) is 6.05. The second-order valence-electron chi connectivity index (χ2n) is 9.97. The van der Waals surface area contributed by atoms with Crippen molar-refractivity contribution < 1.29 is 0 Å². The molecule has 4 aromatic carbocycles. The van der Waals surface area contributed by atoms with E-state index in [2.05, 4.69) is 72.8 Å². The summed E-state index contributed by atoms with van der Waals surface area (Å²) in [6.07, 6.45) is 7.88. The van der Waals surface area contributed by atoms with Crippen LogP contribution in [0.4, 0.5) is 11.4 Å². The van der Waals surface area contributed by atoms with Crippen LogP contribution in [0.2, 0.25) is 0 Å². The number of allylic oxidation sites excluding steroid dienone is 4. The summed E-state index contributed by atoms with van der Waals surface area (Å²) in [5.41, 5.74) is 23.8. The number of nitrogens with zero attached hydrogens (tertiary/aromatic N) is 1. The average Bonchev–Trinajstić information content (AvgIpc) is 2.93. The summed E-state index contributed by atoms with van der Waals surface area (Å²) >= 11 is 0. The van der Waals surface area contributed by atoms with Crippen LogP contribution in [0.25, 0.3) is 38.5 Å². The monoisotopic (exact) mass is 465 g/mol. The van der Waals surface area contributed by atoms with E-state index >= 15 is 0 Å². The Labute approximate surface area is 210 Å². The fraction of sp³-hybridized carbons (Fsp3) is 0.121. The van der Waals surface area contributed by atoms with Gasteiger partial charge in [-0.15, -0.1) is 0 Å². The van der Waals surface area contributed by atoms with Gasteiger partial charge in [0.1, 0.15) is 0 Å². The summed E-state index contributed by atoms with van der Waals surface area (Å²) in [5, 5.41) is 3.85. The Morgan fingerprint density at radius 2 is 1.58 bits per heavy atom. The molecule has 5 aromatic rings. The summed E-state index contributed by atoms with van der Waals surface area (Å²) in [7, 11) is 0. The molecule has 1 atom stereocenters. The van der Waals surface area contributed by atoms with E-state index in [1.165, 1.54) is 38.6 Å². The zero-order valence-corrected chi connectivity index (χ0v) is 20.0. The van der Waals surface area contributed by atoms with Gasteiger partial charge in [0.15, 0.2) is 0 Å². The predicted molar refractivity (Wildman–Crippen MR) is 152 cm³/mol. The molecule has 174 valence electrons. The summed E-state index contributed by atoms with van der Waals surface area (Å²) in [6.45, 7) is 0. The molecule has 0 amide bonds.